The molecule has 0 amide bonds. The van der Waals surface area contributed by atoms with E-state index in [1.165, 1.54) is 6.07 Å². The van der Waals surface area contributed by atoms with Gasteiger partial charge in [0.1, 0.15) is 9.84 Å². The molecule has 0 unspecified atom stereocenters. The smallest absolute Gasteiger partial charge is 0.162 e. The zero-order valence-electron chi connectivity index (χ0n) is 9.24. The van der Waals surface area contributed by atoms with E-state index < -0.39 is 9.84 Å². The van der Waals surface area contributed by atoms with Crippen LogP contribution in [0, 0.1) is 0 Å². The van der Waals surface area contributed by atoms with E-state index >= 15 is 0 Å². The van der Waals surface area contributed by atoms with Gasteiger partial charge in [0.2, 0.25) is 0 Å². The summed E-state index contributed by atoms with van der Waals surface area (Å²) in [5.74, 6) is -0.118. The molecule has 0 saturated heterocycles. The van der Waals surface area contributed by atoms with Crippen LogP contribution >= 0.6 is 23.2 Å². The Hall–Kier alpha value is -0.580. The lowest BCUT2D eigenvalue weighted by Crippen LogP contribution is -2.06. The fourth-order valence-electron chi connectivity index (χ4n) is 1.31. The standard InChI is InChI=1S/C11H12Cl2O3S/c1-17(15,16)6-2-3-11(14)8-4-5-9(12)10(13)7-8/h4-5,7H,2-3,6H2,1H3. The normalized spacial score (nSPS) is 11.5. The first-order chi connectivity index (χ1) is 7.79. The lowest BCUT2D eigenvalue weighted by atomic mass is 10.1. The molecule has 6 heteroatoms. The van der Waals surface area contributed by atoms with Gasteiger partial charge in [-0.1, -0.05) is 23.2 Å². The van der Waals surface area contributed by atoms with Gasteiger partial charge in [-0.05, 0) is 24.6 Å². The van der Waals surface area contributed by atoms with Gasteiger partial charge in [-0.3, -0.25) is 4.79 Å². The van der Waals surface area contributed by atoms with E-state index in [1.807, 2.05) is 0 Å². The van der Waals surface area contributed by atoms with Crippen molar-refractivity contribution in [3.63, 3.8) is 0 Å². The summed E-state index contributed by atoms with van der Waals surface area (Å²) in [6.07, 6.45) is 1.65. The monoisotopic (exact) mass is 294 g/mol. The van der Waals surface area contributed by atoms with Crippen molar-refractivity contribution in [2.45, 2.75) is 12.8 Å². The molecule has 0 spiro atoms. The maximum absolute atomic E-state index is 11.7. The van der Waals surface area contributed by atoms with Crippen molar-refractivity contribution in [1.29, 1.82) is 0 Å². The molecular formula is C11H12Cl2O3S. The van der Waals surface area contributed by atoms with Crippen LogP contribution in [-0.2, 0) is 9.84 Å². The lowest BCUT2D eigenvalue weighted by Gasteiger charge is -2.02. The number of Topliss-reactive ketones (excluding diaryl/α,β-unsaturated/α-hetero) is 1. The number of benzene rings is 1. The zero-order chi connectivity index (χ0) is 13.1. The summed E-state index contributed by atoms with van der Waals surface area (Å²) in [7, 11) is -3.02. The van der Waals surface area contributed by atoms with Gasteiger partial charge in [0.05, 0.1) is 15.8 Å². The number of carbonyl (C=O) groups excluding carboxylic acids is 1. The van der Waals surface area contributed by atoms with Crippen LogP contribution in [-0.4, -0.2) is 26.2 Å². The lowest BCUT2D eigenvalue weighted by molar-refractivity contribution is 0.0982. The molecule has 0 saturated carbocycles. The van der Waals surface area contributed by atoms with Crippen LogP contribution in [0.3, 0.4) is 0 Å². The summed E-state index contributed by atoms with van der Waals surface area (Å²) in [5.41, 5.74) is 0.452. The molecule has 0 bridgehead atoms. The summed E-state index contributed by atoms with van der Waals surface area (Å²) in [4.78, 5) is 11.7. The number of hydrogen-bond acceptors (Lipinski definition) is 3. The summed E-state index contributed by atoms with van der Waals surface area (Å²) in [6, 6.07) is 4.62. The minimum Gasteiger partial charge on any atom is -0.294 e. The first-order valence-electron chi connectivity index (χ1n) is 4.95. The number of sulfone groups is 1. The van der Waals surface area contributed by atoms with E-state index in [1.54, 1.807) is 12.1 Å². The van der Waals surface area contributed by atoms with Crippen molar-refractivity contribution in [2.24, 2.45) is 0 Å². The second-order valence-corrected chi connectivity index (χ2v) is 6.86. The van der Waals surface area contributed by atoms with Crippen molar-refractivity contribution >= 4 is 38.8 Å². The van der Waals surface area contributed by atoms with Crippen LogP contribution in [0.15, 0.2) is 18.2 Å². The Balaban J connectivity index is 2.61. The maximum atomic E-state index is 11.7. The van der Waals surface area contributed by atoms with Crippen LogP contribution < -0.4 is 0 Å². The van der Waals surface area contributed by atoms with E-state index in [2.05, 4.69) is 0 Å². The van der Waals surface area contributed by atoms with Crippen LogP contribution in [0.5, 0.6) is 0 Å². The predicted molar refractivity (Wildman–Crippen MR) is 69.7 cm³/mol. The average Bonchev–Trinajstić information content (AvgIpc) is 2.20. The van der Waals surface area contributed by atoms with Gasteiger partial charge in [0.15, 0.2) is 5.78 Å². The zero-order valence-corrected chi connectivity index (χ0v) is 11.6. The van der Waals surface area contributed by atoms with Gasteiger partial charge in [0.25, 0.3) is 0 Å². The van der Waals surface area contributed by atoms with E-state index in [4.69, 9.17) is 23.2 Å². The van der Waals surface area contributed by atoms with E-state index in [-0.39, 0.29) is 18.0 Å². The third-order valence-electron chi connectivity index (χ3n) is 2.16. The summed E-state index contributed by atoms with van der Waals surface area (Å²) in [5, 5.41) is 0.708. The number of carbonyl (C=O) groups is 1. The quantitative estimate of drug-likeness (QED) is 0.785. The van der Waals surface area contributed by atoms with Crippen LogP contribution in [0.2, 0.25) is 10.0 Å². The van der Waals surface area contributed by atoms with Crippen LogP contribution in [0.25, 0.3) is 0 Å². The molecule has 0 aromatic heterocycles. The van der Waals surface area contributed by atoms with Gasteiger partial charge in [0, 0.05) is 18.2 Å². The first-order valence-corrected chi connectivity index (χ1v) is 7.77. The molecule has 1 aromatic carbocycles. The SMILES string of the molecule is CS(=O)(=O)CCCC(=O)c1ccc(Cl)c(Cl)c1. The van der Waals surface area contributed by atoms with Crippen molar-refractivity contribution in [3.8, 4) is 0 Å². The van der Waals surface area contributed by atoms with Crippen molar-refractivity contribution < 1.29 is 13.2 Å². The molecule has 0 aliphatic carbocycles. The maximum Gasteiger partial charge on any atom is 0.162 e. The van der Waals surface area contributed by atoms with Gasteiger partial charge in [-0.25, -0.2) is 8.42 Å². The summed E-state index contributed by atoms with van der Waals surface area (Å²) in [6.45, 7) is 0. The molecule has 3 nitrogen and oxygen atoms in total. The van der Waals surface area contributed by atoms with Gasteiger partial charge >= 0.3 is 0 Å². The van der Waals surface area contributed by atoms with Gasteiger partial charge < -0.3 is 0 Å². The number of ketones is 1. The fourth-order valence-corrected chi connectivity index (χ4v) is 2.28. The van der Waals surface area contributed by atoms with Crippen molar-refractivity contribution in [2.75, 3.05) is 12.0 Å². The van der Waals surface area contributed by atoms with Crippen molar-refractivity contribution in [1.82, 2.24) is 0 Å². The number of rotatable bonds is 5. The Morgan fingerprint density at radius 2 is 1.88 bits per heavy atom. The predicted octanol–water partition coefficient (Wildman–Crippen LogP) is 3.00. The Morgan fingerprint density at radius 3 is 2.41 bits per heavy atom. The van der Waals surface area contributed by atoms with Crippen LogP contribution in [0.1, 0.15) is 23.2 Å². The van der Waals surface area contributed by atoms with E-state index in [0.717, 1.165) is 6.26 Å². The highest BCUT2D eigenvalue weighted by molar-refractivity contribution is 7.90. The molecule has 0 radical (unpaired) electrons. The minimum absolute atomic E-state index is 0.0140. The Labute approximate surface area is 111 Å². The molecule has 0 heterocycles. The van der Waals surface area contributed by atoms with Crippen LogP contribution in [0.4, 0.5) is 0 Å². The highest BCUT2D eigenvalue weighted by atomic mass is 35.5. The van der Waals surface area contributed by atoms with Gasteiger partial charge in [-0.15, -0.1) is 0 Å². The van der Waals surface area contributed by atoms with Gasteiger partial charge in [-0.2, -0.15) is 0 Å². The fraction of sp³-hybridized carbons (Fsp3) is 0.364. The average molecular weight is 295 g/mol. The highest BCUT2D eigenvalue weighted by Gasteiger charge is 2.10. The number of hydrogen-bond donors (Lipinski definition) is 0. The molecule has 17 heavy (non-hydrogen) atoms. The van der Waals surface area contributed by atoms with Crippen molar-refractivity contribution in [3.05, 3.63) is 33.8 Å². The Kier molecular flexibility index (Phi) is 4.98. The molecule has 0 aliphatic rings. The molecule has 0 aliphatic heterocycles. The third-order valence-corrected chi connectivity index (χ3v) is 3.93. The molecule has 1 aromatic rings. The topological polar surface area (TPSA) is 51.2 Å². The second-order valence-electron chi connectivity index (χ2n) is 3.79. The summed E-state index contributed by atoms with van der Waals surface area (Å²) < 4.78 is 21.8. The highest BCUT2D eigenvalue weighted by Crippen LogP contribution is 2.23. The Morgan fingerprint density at radius 1 is 1.24 bits per heavy atom. The molecular weight excluding hydrogens is 283 g/mol. The van der Waals surface area contributed by atoms with E-state index in [0.29, 0.717) is 22.0 Å². The van der Waals surface area contributed by atoms with E-state index in [9.17, 15) is 13.2 Å². The molecule has 0 fully saturated rings. The molecule has 0 N–H and O–H groups in total. The summed E-state index contributed by atoms with van der Waals surface area (Å²) >= 11 is 11.5. The largest absolute Gasteiger partial charge is 0.294 e. The minimum atomic E-state index is -3.02. The first kappa shape index (κ1) is 14.5. The number of halogens is 2. The third kappa shape index (κ3) is 5.06. The second kappa shape index (κ2) is 5.85. The molecule has 1 rings (SSSR count). The molecule has 0 atom stereocenters. The Bertz CT molecular complexity index is 524. The molecule has 94 valence electrons.